The molecule has 2 atom stereocenters. The molecule has 2 unspecified atom stereocenters. The standard InChI is InChI=1S/C14H29NO2/c1-12(16-9-7-14(2,3)4)10-15-11-13-6-5-8-17-13/h12-13,15H,5-11H2,1-4H3. The van der Waals surface area contributed by atoms with E-state index in [1.807, 2.05) is 0 Å². The van der Waals surface area contributed by atoms with Crippen LogP contribution in [0.4, 0.5) is 0 Å². The van der Waals surface area contributed by atoms with Crippen molar-refractivity contribution in [3.63, 3.8) is 0 Å². The third-order valence-electron chi connectivity index (χ3n) is 3.08. The Morgan fingerprint density at radius 3 is 2.76 bits per heavy atom. The second kappa shape index (κ2) is 7.34. The first kappa shape index (κ1) is 14.9. The summed E-state index contributed by atoms with van der Waals surface area (Å²) in [5.74, 6) is 0. The summed E-state index contributed by atoms with van der Waals surface area (Å²) < 4.78 is 11.3. The molecule has 0 amide bonds. The van der Waals surface area contributed by atoms with Crippen LogP contribution < -0.4 is 5.32 Å². The van der Waals surface area contributed by atoms with Gasteiger partial charge in [0.25, 0.3) is 0 Å². The average Bonchev–Trinajstić information content (AvgIpc) is 2.68. The van der Waals surface area contributed by atoms with Gasteiger partial charge < -0.3 is 14.8 Å². The third-order valence-corrected chi connectivity index (χ3v) is 3.08. The minimum Gasteiger partial charge on any atom is -0.377 e. The summed E-state index contributed by atoms with van der Waals surface area (Å²) in [5.41, 5.74) is 0.366. The van der Waals surface area contributed by atoms with Crippen molar-refractivity contribution in [2.75, 3.05) is 26.3 Å². The van der Waals surface area contributed by atoms with E-state index in [0.29, 0.717) is 17.6 Å². The van der Waals surface area contributed by atoms with E-state index in [9.17, 15) is 0 Å². The van der Waals surface area contributed by atoms with Crippen molar-refractivity contribution in [3.05, 3.63) is 0 Å². The Morgan fingerprint density at radius 2 is 2.18 bits per heavy atom. The van der Waals surface area contributed by atoms with Crippen LogP contribution in [0.5, 0.6) is 0 Å². The average molecular weight is 243 g/mol. The van der Waals surface area contributed by atoms with Gasteiger partial charge in [-0.25, -0.2) is 0 Å². The van der Waals surface area contributed by atoms with E-state index < -0.39 is 0 Å². The van der Waals surface area contributed by atoms with Gasteiger partial charge in [-0.3, -0.25) is 0 Å². The van der Waals surface area contributed by atoms with Crippen molar-refractivity contribution in [3.8, 4) is 0 Å². The summed E-state index contributed by atoms with van der Waals surface area (Å²) in [6.07, 6.45) is 4.25. The lowest BCUT2D eigenvalue weighted by Gasteiger charge is -2.20. The predicted octanol–water partition coefficient (Wildman–Crippen LogP) is 2.60. The maximum Gasteiger partial charge on any atom is 0.0700 e. The summed E-state index contributed by atoms with van der Waals surface area (Å²) in [4.78, 5) is 0. The summed E-state index contributed by atoms with van der Waals surface area (Å²) in [7, 11) is 0. The number of nitrogens with one attached hydrogen (secondary N) is 1. The van der Waals surface area contributed by atoms with Gasteiger partial charge >= 0.3 is 0 Å². The molecular weight excluding hydrogens is 214 g/mol. The molecule has 0 saturated carbocycles. The number of hydrogen-bond donors (Lipinski definition) is 1. The lowest BCUT2D eigenvalue weighted by molar-refractivity contribution is 0.0453. The lowest BCUT2D eigenvalue weighted by atomic mass is 9.93. The van der Waals surface area contributed by atoms with E-state index in [1.54, 1.807) is 0 Å². The molecule has 102 valence electrons. The maximum absolute atomic E-state index is 5.78. The molecule has 1 N–H and O–H groups in total. The molecule has 1 aliphatic heterocycles. The first-order valence-corrected chi connectivity index (χ1v) is 6.91. The molecule has 17 heavy (non-hydrogen) atoms. The number of ether oxygens (including phenoxy) is 2. The Labute approximate surface area is 106 Å². The Morgan fingerprint density at radius 1 is 1.41 bits per heavy atom. The zero-order valence-corrected chi connectivity index (χ0v) is 11.9. The minimum absolute atomic E-state index is 0.291. The zero-order valence-electron chi connectivity index (χ0n) is 11.9. The van der Waals surface area contributed by atoms with Crippen molar-refractivity contribution in [2.45, 2.75) is 59.2 Å². The van der Waals surface area contributed by atoms with E-state index in [-0.39, 0.29) is 0 Å². The van der Waals surface area contributed by atoms with Crippen molar-refractivity contribution in [1.82, 2.24) is 5.32 Å². The molecule has 0 spiro atoms. The van der Waals surface area contributed by atoms with Crippen LogP contribution in [0.2, 0.25) is 0 Å². The Balaban J connectivity index is 1.95. The van der Waals surface area contributed by atoms with Gasteiger partial charge in [0.05, 0.1) is 12.2 Å². The van der Waals surface area contributed by atoms with Gasteiger partial charge in [0.2, 0.25) is 0 Å². The molecule has 0 aromatic carbocycles. The Kier molecular flexibility index (Phi) is 6.45. The first-order chi connectivity index (χ1) is 7.97. The molecule has 0 aromatic rings. The molecule has 1 aliphatic rings. The van der Waals surface area contributed by atoms with Crippen LogP contribution in [0.15, 0.2) is 0 Å². The molecule has 0 bridgehead atoms. The van der Waals surface area contributed by atoms with Crippen LogP contribution in [-0.4, -0.2) is 38.5 Å². The fraction of sp³-hybridized carbons (Fsp3) is 1.00. The van der Waals surface area contributed by atoms with Gasteiger partial charge in [-0.2, -0.15) is 0 Å². The van der Waals surface area contributed by atoms with Gasteiger partial charge in [-0.05, 0) is 31.6 Å². The summed E-state index contributed by atoms with van der Waals surface area (Å²) in [5, 5.41) is 3.42. The number of rotatable bonds is 7. The SMILES string of the molecule is CC(CNCC1CCCO1)OCCC(C)(C)C. The minimum atomic E-state index is 0.291. The highest BCUT2D eigenvalue weighted by Crippen LogP contribution is 2.18. The highest BCUT2D eigenvalue weighted by atomic mass is 16.5. The van der Waals surface area contributed by atoms with Crippen LogP contribution in [0.25, 0.3) is 0 Å². The quantitative estimate of drug-likeness (QED) is 0.745. The molecule has 3 nitrogen and oxygen atoms in total. The molecule has 1 fully saturated rings. The molecule has 1 heterocycles. The highest BCUT2D eigenvalue weighted by Gasteiger charge is 2.15. The van der Waals surface area contributed by atoms with Crippen LogP contribution >= 0.6 is 0 Å². The number of hydrogen-bond acceptors (Lipinski definition) is 3. The molecule has 0 aliphatic carbocycles. The molecular formula is C14H29NO2. The zero-order chi connectivity index (χ0) is 12.7. The van der Waals surface area contributed by atoms with Crippen LogP contribution in [0.3, 0.4) is 0 Å². The Hall–Kier alpha value is -0.120. The summed E-state index contributed by atoms with van der Waals surface area (Å²) >= 11 is 0. The highest BCUT2D eigenvalue weighted by molar-refractivity contribution is 4.68. The molecule has 1 rings (SSSR count). The fourth-order valence-electron chi connectivity index (χ4n) is 1.88. The topological polar surface area (TPSA) is 30.5 Å². The second-order valence-electron chi connectivity index (χ2n) is 6.29. The van der Waals surface area contributed by atoms with Gasteiger partial charge in [0.1, 0.15) is 0 Å². The van der Waals surface area contributed by atoms with E-state index >= 15 is 0 Å². The van der Waals surface area contributed by atoms with Crippen LogP contribution in [0.1, 0.15) is 47.0 Å². The first-order valence-electron chi connectivity index (χ1n) is 6.91. The van der Waals surface area contributed by atoms with Gasteiger partial charge in [-0.1, -0.05) is 20.8 Å². The summed E-state index contributed by atoms with van der Waals surface area (Å²) in [6.45, 7) is 12.5. The smallest absolute Gasteiger partial charge is 0.0700 e. The van der Waals surface area contributed by atoms with Crippen molar-refractivity contribution in [2.24, 2.45) is 5.41 Å². The maximum atomic E-state index is 5.78. The molecule has 0 aromatic heterocycles. The molecule has 0 radical (unpaired) electrons. The molecule has 1 saturated heterocycles. The van der Waals surface area contributed by atoms with Gasteiger partial charge in [0, 0.05) is 26.3 Å². The van der Waals surface area contributed by atoms with Gasteiger partial charge in [-0.15, -0.1) is 0 Å². The van der Waals surface area contributed by atoms with Crippen molar-refractivity contribution < 1.29 is 9.47 Å². The lowest BCUT2D eigenvalue weighted by Crippen LogP contribution is -2.33. The Bertz CT molecular complexity index is 195. The predicted molar refractivity (Wildman–Crippen MR) is 71.3 cm³/mol. The van der Waals surface area contributed by atoms with E-state index in [1.165, 1.54) is 12.8 Å². The largest absolute Gasteiger partial charge is 0.377 e. The van der Waals surface area contributed by atoms with Crippen molar-refractivity contribution in [1.29, 1.82) is 0 Å². The van der Waals surface area contributed by atoms with Crippen molar-refractivity contribution >= 4 is 0 Å². The van der Waals surface area contributed by atoms with E-state index in [4.69, 9.17) is 9.47 Å². The van der Waals surface area contributed by atoms with Gasteiger partial charge in [0.15, 0.2) is 0 Å². The fourth-order valence-corrected chi connectivity index (χ4v) is 1.88. The monoisotopic (exact) mass is 243 g/mol. The van der Waals surface area contributed by atoms with Crippen LogP contribution in [0, 0.1) is 5.41 Å². The molecule has 3 heteroatoms. The third kappa shape index (κ3) is 7.74. The second-order valence-corrected chi connectivity index (χ2v) is 6.29. The normalized spacial score (nSPS) is 22.9. The van der Waals surface area contributed by atoms with E-state index in [0.717, 1.165) is 32.7 Å². The van der Waals surface area contributed by atoms with Crippen LogP contribution in [-0.2, 0) is 9.47 Å². The van der Waals surface area contributed by atoms with E-state index in [2.05, 4.69) is 33.0 Å². The summed E-state index contributed by atoms with van der Waals surface area (Å²) in [6, 6.07) is 0.